The molecular formula is C12H16ClN3O. The summed E-state index contributed by atoms with van der Waals surface area (Å²) >= 11 is 5.79. The number of rotatable bonds is 2. The van der Waals surface area contributed by atoms with Crippen molar-refractivity contribution in [1.82, 2.24) is 10.3 Å². The molecule has 1 aliphatic rings. The van der Waals surface area contributed by atoms with Crippen LogP contribution in [0.4, 0.5) is 0 Å². The van der Waals surface area contributed by atoms with E-state index in [4.69, 9.17) is 17.3 Å². The number of carbonyl (C=O) groups excluding carboxylic acids is 1. The number of halogens is 1. The van der Waals surface area contributed by atoms with Gasteiger partial charge in [0.05, 0.1) is 10.6 Å². The summed E-state index contributed by atoms with van der Waals surface area (Å²) in [4.78, 5) is 15.8. The number of aromatic nitrogens is 1. The number of carbonyl (C=O) groups is 1. The Balaban J connectivity index is 1.93. The quantitative estimate of drug-likeness (QED) is 0.844. The van der Waals surface area contributed by atoms with Crippen LogP contribution in [-0.2, 0) is 0 Å². The summed E-state index contributed by atoms with van der Waals surface area (Å²) in [5.74, 6) is -0.111. The second-order valence-corrected chi connectivity index (χ2v) is 4.91. The molecule has 0 bridgehead atoms. The van der Waals surface area contributed by atoms with Crippen LogP contribution >= 0.6 is 11.6 Å². The third-order valence-corrected chi connectivity index (χ3v) is 3.28. The van der Waals surface area contributed by atoms with Gasteiger partial charge >= 0.3 is 0 Å². The van der Waals surface area contributed by atoms with Gasteiger partial charge in [-0.05, 0) is 31.7 Å². The van der Waals surface area contributed by atoms with Crippen LogP contribution in [0.3, 0.4) is 0 Å². The average Bonchev–Trinajstić information content (AvgIpc) is 2.32. The molecule has 2 rings (SSSR count). The lowest BCUT2D eigenvalue weighted by Gasteiger charge is -2.26. The standard InChI is InChI=1S/C12H16ClN3O/c13-9-5-8(6-15-7-9)12(17)16-11-3-1-10(14)2-4-11/h5-7,10-11H,1-4,14H2,(H,16,17). The van der Waals surface area contributed by atoms with E-state index in [0.717, 1.165) is 25.7 Å². The molecule has 17 heavy (non-hydrogen) atoms. The Bertz CT molecular complexity index is 402. The molecule has 0 unspecified atom stereocenters. The van der Waals surface area contributed by atoms with Crippen LogP contribution in [0.2, 0.25) is 5.02 Å². The fraction of sp³-hybridized carbons (Fsp3) is 0.500. The largest absolute Gasteiger partial charge is 0.349 e. The Morgan fingerprint density at radius 3 is 2.71 bits per heavy atom. The normalized spacial score (nSPS) is 24.4. The Morgan fingerprint density at radius 2 is 2.06 bits per heavy atom. The first-order chi connectivity index (χ1) is 8.15. The molecule has 4 nitrogen and oxygen atoms in total. The van der Waals surface area contributed by atoms with Gasteiger partial charge in [-0.3, -0.25) is 9.78 Å². The molecule has 0 aromatic carbocycles. The van der Waals surface area contributed by atoms with E-state index in [1.807, 2.05) is 0 Å². The van der Waals surface area contributed by atoms with Gasteiger partial charge in [0.25, 0.3) is 5.91 Å². The van der Waals surface area contributed by atoms with Gasteiger partial charge in [-0.15, -0.1) is 0 Å². The zero-order valence-corrected chi connectivity index (χ0v) is 10.3. The Labute approximate surface area is 106 Å². The number of nitrogens with two attached hydrogens (primary N) is 1. The highest BCUT2D eigenvalue weighted by Crippen LogP contribution is 2.17. The van der Waals surface area contributed by atoms with Gasteiger partial charge in [0.2, 0.25) is 0 Å². The molecule has 92 valence electrons. The van der Waals surface area contributed by atoms with Crippen LogP contribution < -0.4 is 11.1 Å². The molecule has 1 aromatic rings. The van der Waals surface area contributed by atoms with E-state index in [0.29, 0.717) is 10.6 Å². The smallest absolute Gasteiger partial charge is 0.253 e. The molecule has 0 saturated heterocycles. The van der Waals surface area contributed by atoms with E-state index in [-0.39, 0.29) is 18.0 Å². The number of hydrogen-bond donors (Lipinski definition) is 2. The van der Waals surface area contributed by atoms with Crippen molar-refractivity contribution in [3.8, 4) is 0 Å². The molecule has 1 aliphatic carbocycles. The number of nitrogens with one attached hydrogen (secondary N) is 1. The summed E-state index contributed by atoms with van der Waals surface area (Å²) in [6.45, 7) is 0. The Morgan fingerprint density at radius 1 is 1.35 bits per heavy atom. The lowest BCUT2D eigenvalue weighted by molar-refractivity contribution is 0.0925. The molecule has 1 amide bonds. The lowest BCUT2D eigenvalue weighted by atomic mass is 9.92. The van der Waals surface area contributed by atoms with E-state index >= 15 is 0 Å². The van der Waals surface area contributed by atoms with Crippen LogP contribution in [0.1, 0.15) is 36.0 Å². The third kappa shape index (κ3) is 3.41. The minimum atomic E-state index is -0.111. The maximum atomic E-state index is 11.9. The zero-order chi connectivity index (χ0) is 12.3. The van der Waals surface area contributed by atoms with Crippen LogP contribution in [-0.4, -0.2) is 23.0 Å². The van der Waals surface area contributed by atoms with Gasteiger partial charge in [0, 0.05) is 24.5 Å². The molecule has 0 spiro atoms. The highest BCUT2D eigenvalue weighted by molar-refractivity contribution is 6.30. The first kappa shape index (κ1) is 12.3. The second-order valence-electron chi connectivity index (χ2n) is 4.48. The van der Waals surface area contributed by atoms with Crippen molar-refractivity contribution in [3.63, 3.8) is 0 Å². The number of pyridine rings is 1. The maximum absolute atomic E-state index is 11.9. The van der Waals surface area contributed by atoms with Crippen molar-refractivity contribution in [2.24, 2.45) is 5.73 Å². The maximum Gasteiger partial charge on any atom is 0.253 e. The second kappa shape index (κ2) is 5.47. The fourth-order valence-corrected chi connectivity index (χ4v) is 2.24. The topological polar surface area (TPSA) is 68.0 Å². The number of hydrogen-bond acceptors (Lipinski definition) is 3. The van der Waals surface area contributed by atoms with Gasteiger partial charge in [-0.25, -0.2) is 0 Å². The monoisotopic (exact) mass is 253 g/mol. The molecule has 3 N–H and O–H groups in total. The molecule has 1 aromatic heterocycles. The number of amides is 1. The van der Waals surface area contributed by atoms with Crippen LogP contribution in [0, 0.1) is 0 Å². The van der Waals surface area contributed by atoms with E-state index < -0.39 is 0 Å². The molecular weight excluding hydrogens is 238 g/mol. The minimum Gasteiger partial charge on any atom is -0.349 e. The van der Waals surface area contributed by atoms with Crippen molar-refractivity contribution >= 4 is 17.5 Å². The van der Waals surface area contributed by atoms with Crippen LogP contribution in [0.15, 0.2) is 18.5 Å². The fourth-order valence-electron chi connectivity index (χ4n) is 2.07. The molecule has 0 aliphatic heterocycles. The van der Waals surface area contributed by atoms with Crippen molar-refractivity contribution in [3.05, 3.63) is 29.0 Å². The van der Waals surface area contributed by atoms with Crippen molar-refractivity contribution in [2.75, 3.05) is 0 Å². The number of nitrogens with zero attached hydrogens (tertiary/aromatic N) is 1. The summed E-state index contributed by atoms with van der Waals surface area (Å²) in [6, 6.07) is 2.13. The molecule has 0 radical (unpaired) electrons. The van der Waals surface area contributed by atoms with Crippen molar-refractivity contribution < 1.29 is 4.79 Å². The summed E-state index contributed by atoms with van der Waals surface area (Å²) in [7, 11) is 0. The van der Waals surface area contributed by atoms with Crippen LogP contribution in [0.5, 0.6) is 0 Å². The first-order valence-corrected chi connectivity index (χ1v) is 6.20. The van der Waals surface area contributed by atoms with Crippen LogP contribution in [0.25, 0.3) is 0 Å². The van der Waals surface area contributed by atoms with Gasteiger partial charge in [0.1, 0.15) is 0 Å². The summed E-state index contributed by atoms with van der Waals surface area (Å²) in [6.07, 6.45) is 6.87. The zero-order valence-electron chi connectivity index (χ0n) is 9.53. The highest BCUT2D eigenvalue weighted by atomic mass is 35.5. The average molecular weight is 254 g/mol. The van der Waals surface area contributed by atoms with Gasteiger partial charge < -0.3 is 11.1 Å². The third-order valence-electron chi connectivity index (χ3n) is 3.07. The molecule has 0 atom stereocenters. The van der Waals surface area contributed by atoms with E-state index in [1.54, 1.807) is 6.07 Å². The highest BCUT2D eigenvalue weighted by Gasteiger charge is 2.20. The predicted molar refractivity (Wildman–Crippen MR) is 66.9 cm³/mol. The van der Waals surface area contributed by atoms with Gasteiger partial charge in [0.15, 0.2) is 0 Å². The summed E-state index contributed by atoms with van der Waals surface area (Å²) in [5, 5.41) is 3.47. The Hall–Kier alpha value is -1.13. The SMILES string of the molecule is NC1CCC(NC(=O)c2cncc(Cl)c2)CC1. The van der Waals surface area contributed by atoms with Crippen molar-refractivity contribution in [1.29, 1.82) is 0 Å². The first-order valence-electron chi connectivity index (χ1n) is 5.82. The van der Waals surface area contributed by atoms with Gasteiger partial charge in [-0.1, -0.05) is 11.6 Å². The molecule has 5 heteroatoms. The predicted octanol–water partition coefficient (Wildman–Crippen LogP) is 1.73. The molecule has 1 heterocycles. The minimum absolute atomic E-state index is 0.111. The lowest BCUT2D eigenvalue weighted by Crippen LogP contribution is -2.40. The van der Waals surface area contributed by atoms with Gasteiger partial charge in [-0.2, -0.15) is 0 Å². The van der Waals surface area contributed by atoms with E-state index in [9.17, 15) is 4.79 Å². The Kier molecular flexibility index (Phi) is 3.97. The van der Waals surface area contributed by atoms with Crippen molar-refractivity contribution in [2.45, 2.75) is 37.8 Å². The van der Waals surface area contributed by atoms with E-state index in [2.05, 4.69) is 10.3 Å². The molecule has 1 saturated carbocycles. The van der Waals surface area contributed by atoms with E-state index in [1.165, 1.54) is 12.4 Å². The summed E-state index contributed by atoms with van der Waals surface area (Å²) in [5.41, 5.74) is 6.33. The molecule has 1 fully saturated rings. The summed E-state index contributed by atoms with van der Waals surface area (Å²) < 4.78 is 0.